The van der Waals surface area contributed by atoms with Crippen molar-refractivity contribution in [3.63, 3.8) is 0 Å². The molecule has 0 aromatic rings. The molecule has 2 saturated heterocycles. The molecule has 3 fully saturated rings. The first-order valence-corrected chi connectivity index (χ1v) is 8.90. The highest BCUT2D eigenvalue weighted by molar-refractivity contribution is 5.84. The van der Waals surface area contributed by atoms with E-state index in [-0.39, 0.29) is 24.5 Å². The highest BCUT2D eigenvalue weighted by Gasteiger charge is 2.47. The summed E-state index contributed by atoms with van der Waals surface area (Å²) in [6.45, 7) is 1.67. The highest BCUT2D eigenvalue weighted by Crippen LogP contribution is 2.40. The van der Waals surface area contributed by atoms with Crippen LogP contribution in [0.25, 0.3) is 0 Å². The van der Waals surface area contributed by atoms with Gasteiger partial charge in [-0.1, -0.05) is 12.8 Å². The Kier molecular flexibility index (Phi) is 5.54. The summed E-state index contributed by atoms with van der Waals surface area (Å²) in [5, 5.41) is 9.45. The van der Waals surface area contributed by atoms with Gasteiger partial charge in [-0.05, 0) is 38.0 Å². The largest absolute Gasteiger partial charge is 0.480 e. The van der Waals surface area contributed by atoms with Gasteiger partial charge in [-0.15, -0.1) is 0 Å². The minimum atomic E-state index is -0.868. The van der Waals surface area contributed by atoms with Crippen LogP contribution in [0.15, 0.2) is 0 Å². The molecule has 0 aromatic heterocycles. The Balaban J connectivity index is 1.50. The van der Waals surface area contributed by atoms with Crippen LogP contribution in [0.2, 0.25) is 0 Å². The Morgan fingerprint density at radius 3 is 2.74 bits per heavy atom. The van der Waals surface area contributed by atoms with Gasteiger partial charge in [0, 0.05) is 12.6 Å². The van der Waals surface area contributed by atoms with Crippen molar-refractivity contribution in [3.05, 3.63) is 0 Å². The number of hydrogen-bond acceptors (Lipinski definition) is 4. The van der Waals surface area contributed by atoms with Gasteiger partial charge in [0.2, 0.25) is 5.91 Å². The smallest absolute Gasteiger partial charge is 0.326 e. The fraction of sp³-hybridized carbons (Fsp3) is 0.882. The van der Waals surface area contributed by atoms with Gasteiger partial charge in [-0.25, -0.2) is 4.79 Å². The first-order chi connectivity index (χ1) is 11.2. The average Bonchev–Trinajstić information content (AvgIpc) is 3.18. The third-order valence-corrected chi connectivity index (χ3v) is 5.45. The molecular formula is C17H27NO5. The number of likely N-dealkylation sites (tertiary alicyclic amines) is 1. The van der Waals surface area contributed by atoms with E-state index < -0.39 is 12.0 Å². The fourth-order valence-corrected chi connectivity index (χ4v) is 4.32. The SMILES string of the molecule is O=C(O)[C@@H]1C[C@@H]2CCCC[C@@H]2N1C(=O)CCOC[C@@H]1CCCO1. The quantitative estimate of drug-likeness (QED) is 0.754. The van der Waals surface area contributed by atoms with E-state index in [1.165, 1.54) is 0 Å². The summed E-state index contributed by atoms with van der Waals surface area (Å²) < 4.78 is 11.0. The molecule has 0 spiro atoms. The molecule has 0 radical (unpaired) electrons. The number of hydrogen-bond donors (Lipinski definition) is 1. The summed E-state index contributed by atoms with van der Waals surface area (Å²) in [6.07, 6.45) is 7.36. The van der Waals surface area contributed by atoms with E-state index in [0.29, 0.717) is 25.6 Å². The summed E-state index contributed by atoms with van der Waals surface area (Å²) in [5.74, 6) is -0.575. The van der Waals surface area contributed by atoms with Crippen LogP contribution >= 0.6 is 0 Å². The van der Waals surface area contributed by atoms with Crippen LogP contribution in [0.1, 0.15) is 51.4 Å². The molecule has 1 amide bonds. The van der Waals surface area contributed by atoms with E-state index >= 15 is 0 Å². The topological polar surface area (TPSA) is 76.1 Å². The third kappa shape index (κ3) is 3.86. The van der Waals surface area contributed by atoms with Crippen molar-refractivity contribution in [2.45, 2.75) is 69.6 Å². The number of nitrogens with zero attached hydrogens (tertiary/aromatic N) is 1. The molecule has 3 rings (SSSR count). The van der Waals surface area contributed by atoms with E-state index in [9.17, 15) is 14.7 Å². The number of fused-ring (bicyclic) bond motifs is 1. The Morgan fingerprint density at radius 1 is 1.17 bits per heavy atom. The van der Waals surface area contributed by atoms with Gasteiger partial charge in [0.1, 0.15) is 6.04 Å². The fourth-order valence-electron chi connectivity index (χ4n) is 4.32. The molecule has 1 aliphatic carbocycles. The molecule has 6 nitrogen and oxygen atoms in total. The summed E-state index contributed by atoms with van der Waals surface area (Å²) in [4.78, 5) is 25.7. The van der Waals surface area contributed by atoms with Crippen LogP contribution in [-0.2, 0) is 19.1 Å². The van der Waals surface area contributed by atoms with Crippen LogP contribution in [0.3, 0.4) is 0 Å². The molecule has 1 N–H and O–H groups in total. The monoisotopic (exact) mass is 325 g/mol. The number of carboxylic acids is 1. The van der Waals surface area contributed by atoms with Crippen molar-refractivity contribution < 1.29 is 24.2 Å². The van der Waals surface area contributed by atoms with Crippen molar-refractivity contribution in [1.82, 2.24) is 4.90 Å². The van der Waals surface area contributed by atoms with E-state index in [4.69, 9.17) is 9.47 Å². The second-order valence-electron chi connectivity index (χ2n) is 6.96. The lowest BCUT2D eigenvalue weighted by Crippen LogP contribution is -2.46. The zero-order valence-electron chi connectivity index (χ0n) is 13.6. The first kappa shape index (κ1) is 16.7. The van der Waals surface area contributed by atoms with Crippen LogP contribution in [0.5, 0.6) is 0 Å². The molecule has 0 bridgehead atoms. The second kappa shape index (κ2) is 7.62. The molecule has 2 aliphatic heterocycles. The molecule has 0 aromatic carbocycles. The Hall–Kier alpha value is -1.14. The number of amides is 1. The Labute approximate surface area is 137 Å². The van der Waals surface area contributed by atoms with Crippen LogP contribution in [0.4, 0.5) is 0 Å². The van der Waals surface area contributed by atoms with Crippen LogP contribution < -0.4 is 0 Å². The second-order valence-corrected chi connectivity index (χ2v) is 6.96. The molecule has 4 atom stereocenters. The van der Waals surface area contributed by atoms with E-state index in [2.05, 4.69) is 0 Å². The van der Waals surface area contributed by atoms with Crippen molar-refractivity contribution >= 4 is 11.9 Å². The minimum Gasteiger partial charge on any atom is -0.480 e. The standard InChI is InChI=1S/C17H27NO5/c19-16(7-9-22-11-13-5-3-8-23-13)18-14-6-2-1-4-12(14)10-15(18)17(20)21/h12-15H,1-11H2,(H,20,21)/t12-,13-,14-,15-/m0/s1. The Morgan fingerprint density at radius 2 is 2.00 bits per heavy atom. The lowest BCUT2D eigenvalue weighted by atomic mass is 9.84. The number of aliphatic carboxylic acids is 1. The maximum Gasteiger partial charge on any atom is 0.326 e. The van der Waals surface area contributed by atoms with Crippen LogP contribution in [0, 0.1) is 5.92 Å². The molecule has 1 saturated carbocycles. The maximum absolute atomic E-state index is 12.6. The molecule has 6 heteroatoms. The number of carbonyl (C=O) groups is 2. The predicted octanol–water partition coefficient (Wildman–Crippen LogP) is 1.82. The summed E-state index contributed by atoms with van der Waals surface area (Å²) >= 11 is 0. The van der Waals surface area contributed by atoms with Crippen LogP contribution in [-0.4, -0.2) is 59.9 Å². The molecular weight excluding hydrogens is 298 g/mol. The molecule has 0 unspecified atom stereocenters. The zero-order chi connectivity index (χ0) is 16.2. The number of carboxylic acid groups (broad SMARTS) is 1. The van der Waals surface area contributed by atoms with Crippen molar-refractivity contribution in [2.24, 2.45) is 5.92 Å². The molecule has 130 valence electrons. The Bertz CT molecular complexity index is 435. The molecule has 3 aliphatic rings. The number of carbonyl (C=O) groups excluding carboxylic acids is 1. The third-order valence-electron chi connectivity index (χ3n) is 5.45. The van der Waals surface area contributed by atoms with Crippen molar-refractivity contribution in [3.8, 4) is 0 Å². The average molecular weight is 325 g/mol. The lowest BCUT2D eigenvalue weighted by Gasteiger charge is -2.33. The van der Waals surface area contributed by atoms with Gasteiger partial charge in [0.25, 0.3) is 0 Å². The van der Waals surface area contributed by atoms with Gasteiger partial charge in [0.05, 0.1) is 25.7 Å². The van der Waals surface area contributed by atoms with Crippen molar-refractivity contribution in [1.29, 1.82) is 0 Å². The van der Waals surface area contributed by atoms with Gasteiger partial charge in [-0.3, -0.25) is 4.79 Å². The van der Waals surface area contributed by atoms with E-state index in [1.54, 1.807) is 4.90 Å². The normalized spacial score (nSPS) is 33.7. The zero-order valence-corrected chi connectivity index (χ0v) is 13.6. The maximum atomic E-state index is 12.6. The predicted molar refractivity (Wildman–Crippen MR) is 83.0 cm³/mol. The summed E-state index contributed by atoms with van der Waals surface area (Å²) in [6, 6.07) is -0.524. The van der Waals surface area contributed by atoms with Gasteiger partial charge in [0.15, 0.2) is 0 Å². The first-order valence-electron chi connectivity index (χ1n) is 8.90. The van der Waals surface area contributed by atoms with E-state index in [1.807, 2.05) is 0 Å². The minimum absolute atomic E-state index is 0.0702. The summed E-state index contributed by atoms with van der Waals surface area (Å²) in [7, 11) is 0. The van der Waals surface area contributed by atoms with E-state index in [0.717, 1.165) is 45.1 Å². The number of rotatable bonds is 6. The summed E-state index contributed by atoms with van der Waals surface area (Å²) in [5.41, 5.74) is 0. The molecule has 23 heavy (non-hydrogen) atoms. The number of ether oxygens (including phenoxy) is 2. The van der Waals surface area contributed by atoms with Crippen molar-refractivity contribution in [2.75, 3.05) is 19.8 Å². The molecule has 2 heterocycles. The van der Waals surface area contributed by atoms with Gasteiger partial charge < -0.3 is 19.5 Å². The van der Waals surface area contributed by atoms with Gasteiger partial charge >= 0.3 is 5.97 Å². The highest BCUT2D eigenvalue weighted by atomic mass is 16.5. The lowest BCUT2D eigenvalue weighted by molar-refractivity contribution is -0.150. The van der Waals surface area contributed by atoms with Gasteiger partial charge in [-0.2, -0.15) is 0 Å².